The van der Waals surface area contributed by atoms with Gasteiger partial charge >= 0.3 is 0 Å². The fourth-order valence-electron chi connectivity index (χ4n) is 2.71. The first-order valence-corrected chi connectivity index (χ1v) is 7.11. The number of nitrogens with two attached hydrogens (primary N) is 1. The molecule has 1 fully saturated rings. The highest BCUT2D eigenvalue weighted by Crippen LogP contribution is 2.39. The Kier molecular flexibility index (Phi) is 3.27. The Morgan fingerprint density at radius 1 is 1.47 bits per heavy atom. The quantitative estimate of drug-likeness (QED) is 0.898. The highest BCUT2D eigenvalue weighted by molar-refractivity contribution is 5.76. The molecule has 3 nitrogen and oxygen atoms in total. The molecular weight excluding hydrogens is 241 g/mol. The molecule has 102 valence electrons. The largest absolute Gasteiger partial charge is 0.327 e. The Labute approximate surface area is 112 Å². The van der Waals surface area contributed by atoms with Gasteiger partial charge in [-0.3, -0.25) is 0 Å². The molecule has 0 amide bonds. The number of rotatable bonds is 5. The van der Waals surface area contributed by atoms with Gasteiger partial charge < -0.3 is 10.3 Å². The summed E-state index contributed by atoms with van der Waals surface area (Å²) in [6, 6.07) is 5.47. The lowest BCUT2D eigenvalue weighted by molar-refractivity contribution is 0.563. The molecule has 1 atom stereocenters. The third kappa shape index (κ3) is 2.50. The average Bonchev–Trinajstić information content (AvgIpc) is 3.12. The normalized spacial score (nSPS) is 17.0. The van der Waals surface area contributed by atoms with E-state index in [1.165, 1.54) is 6.07 Å². The summed E-state index contributed by atoms with van der Waals surface area (Å²) < 4.78 is 15.6. The van der Waals surface area contributed by atoms with E-state index in [4.69, 9.17) is 5.73 Å². The van der Waals surface area contributed by atoms with E-state index in [1.54, 1.807) is 12.1 Å². The van der Waals surface area contributed by atoms with E-state index in [0.29, 0.717) is 6.04 Å². The van der Waals surface area contributed by atoms with E-state index in [2.05, 4.69) is 16.5 Å². The van der Waals surface area contributed by atoms with Crippen LogP contribution in [0.1, 0.15) is 44.5 Å². The Bertz CT molecular complexity index is 586. The first kappa shape index (κ1) is 12.6. The maximum atomic E-state index is 13.4. The summed E-state index contributed by atoms with van der Waals surface area (Å²) in [5.74, 6) is 0.822. The molecule has 19 heavy (non-hydrogen) atoms. The van der Waals surface area contributed by atoms with Crippen molar-refractivity contribution in [2.24, 2.45) is 5.73 Å². The molecule has 0 bridgehead atoms. The maximum absolute atomic E-state index is 13.4. The predicted molar refractivity (Wildman–Crippen MR) is 74.5 cm³/mol. The predicted octanol–water partition coefficient (Wildman–Crippen LogP) is 3.18. The third-order valence-corrected chi connectivity index (χ3v) is 3.74. The van der Waals surface area contributed by atoms with Crippen LogP contribution in [0.4, 0.5) is 4.39 Å². The lowest BCUT2D eigenvalue weighted by atomic mass is 10.1. The Balaban J connectivity index is 2.00. The van der Waals surface area contributed by atoms with Crippen molar-refractivity contribution in [3.63, 3.8) is 0 Å². The molecule has 3 rings (SSSR count). The zero-order chi connectivity index (χ0) is 13.4. The van der Waals surface area contributed by atoms with E-state index in [-0.39, 0.29) is 11.9 Å². The van der Waals surface area contributed by atoms with Gasteiger partial charge in [0, 0.05) is 18.5 Å². The number of fused-ring (bicyclic) bond motifs is 1. The summed E-state index contributed by atoms with van der Waals surface area (Å²) in [5.41, 5.74) is 7.93. The van der Waals surface area contributed by atoms with E-state index in [1.807, 2.05) is 0 Å². The van der Waals surface area contributed by atoms with Crippen molar-refractivity contribution < 1.29 is 4.39 Å². The van der Waals surface area contributed by atoms with E-state index < -0.39 is 0 Å². The van der Waals surface area contributed by atoms with Crippen LogP contribution in [-0.2, 0) is 6.42 Å². The number of benzene rings is 1. The zero-order valence-corrected chi connectivity index (χ0v) is 11.3. The van der Waals surface area contributed by atoms with Gasteiger partial charge in [-0.1, -0.05) is 13.3 Å². The standard InChI is InChI=1S/C15H20FN3/c1-2-3-11(17)9-15-18-13-7-4-10(16)8-14(13)19(15)12-5-6-12/h4,7-8,11-12H,2-3,5-6,9,17H2,1H3. The van der Waals surface area contributed by atoms with Gasteiger partial charge in [0.1, 0.15) is 11.6 Å². The highest BCUT2D eigenvalue weighted by atomic mass is 19.1. The van der Waals surface area contributed by atoms with Gasteiger partial charge in [0.05, 0.1) is 11.0 Å². The van der Waals surface area contributed by atoms with Gasteiger partial charge in [0.2, 0.25) is 0 Å². The molecule has 1 aliphatic carbocycles. The molecule has 1 aromatic heterocycles. The van der Waals surface area contributed by atoms with Crippen LogP contribution in [0.5, 0.6) is 0 Å². The number of nitrogens with zero attached hydrogens (tertiary/aromatic N) is 2. The summed E-state index contributed by atoms with van der Waals surface area (Å²) in [6.45, 7) is 2.14. The van der Waals surface area contributed by atoms with Gasteiger partial charge in [-0.05, 0) is 37.5 Å². The molecule has 0 aliphatic heterocycles. The van der Waals surface area contributed by atoms with E-state index >= 15 is 0 Å². The second-order valence-corrected chi connectivity index (χ2v) is 5.52. The van der Waals surface area contributed by atoms with Gasteiger partial charge in [-0.15, -0.1) is 0 Å². The van der Waals surface area contributed by atoms with E-state index in [0.717, 1.165) is 49.0 Å². The lowest BCUT2D eigenvalue weighted by Gasteiger charge is -2.12. The fraction of sp³-hybridized carbons (Fsp3) is 0.533. The van der Waals surface area contributed by atoms with Crippen molar-refractivity contribution in [3.8, 4) is 0 Å². The second-order valence-electron chi connectivity index (χ2n) is 5.52. The molecule has 1 aliphatic rings. The molecule has 1 heterocycles. The molecule has 2 N–H and O–H groups in total. The van der Waals surface area contributed by atoms with Crippen molar-refractivity contribution in [1.82, 2.24) is 9.55 Å². The zero-order valence-electron chi connectivity index (χ0n) is 11.3. The minimum Gasteiger partial charge on any atom is -0.327 e. The summed E-state index contributed by atoms with van der Waals surface area (Å²) in [7, 11) is 0. The van der Waals surface area contributed by atoms with Gasteiger partial charge in [-0.2, -0.15) is 0 Å². The summed E-state index contributed by atoms with van der Waals surface area (Å²) in [4.78, 5) is 4.65. The Morgan fingerprint density at radius 2 is 2.26 bits per heavy atom. The van der Waals surface area contributed by atoms with Crippen LogP contribution >= 0.6 is 0 Å². The molecule has 1 saturated carbocycles. The molecule has 1 aromatic carbocycles. The van der Waals surface area contributed by atoms with Crippen LogP contribution in [0, 0.1) is 5.82 Å². The molecule has 2 aromatic rings. The molecule has 4 heteroatoms. The van der Waals surface area contributed by atoms with Crippen molar-refractivity contribution in [1.29, 1.82) is 0 Å². The summed E-state index contributed by atoms with van der Waals surface area (Å²) >= 11 is 0. The molecular formula is C15H20FN3. The summed E-state index contributed by atoms with van der Waals surface area (Å²) in [6.07, 6.45) is 5.19. The first-order chi connectivity index (χ1) is 9.19. The van der Waals surface area contributed by atoms with Crippen molar-refractivity contribution >= 4 is 11.0 Å². The van der Waals surface area contributed by atoms with Crippen LogP contribution in [-0.4, -0.2) is 15.6 Å². The number of halogens is 1. The molecule has 1 unspecified atom stereocenters. The van der Waals surface area contributed by atoms with Crippen molar-refractivity contribution in [3.05, 3.63) is 29.8 Å². The number of hydrogen-bond donors (Lipinski definition) is 1. The fourth-order valence-corrected chi connectivity index (χ4v) is 2.71. The average molecular weight is 261 g/mol. The van der Waals surface area contributed by atoms with Gasteiger partial charge in [-0.25, -0.2) is 9.37 Å². The third-order valence-electron chi connectivity index (χ3n) is 3.74. The smallest absolute Gasteiger partial charge is 0.125 e. The second kappa shape index (κ2) is 4.93. The van der Waals surface area contributed by atoms with Crippen LogP contribution < -0.4 is 5.73 Å². The Hall–Kier alpha value is -1.42. The van der Waals surface area contributed by atoms with Crippen LogP contribution in [0.2, 0.25) is 0 Å². The van der Waals surface area contributed by atoms with Gasteiger partial charge in [0.25, 0.3) is 0 Å². The minimum atomic E-state index is -0.196. The molecule has 0 spiro atoms. The highest BCUT2D eigenvalue weighted by Gasteiger charge is 2.28. The van der Waals surface area contributed by atoms with E-state index in [9.17, 15) is 4.39 Å². The topological polar surface area (TPSA) is 43.8 Å². The number of imidazole rings is 1. The first-order valence-electron chi connectivity index (χ1n) is 7.11. The van der Waals surface area contributed by atoms with Crippen molar-refractivity contribution in [2.75, 3.05) is 0 Å². The number of aromatic nitrogens is 2. The number of hydrogen-bond acceptors (Lipinski definition) is 2. The Morgan fingerprint density at radius 3 is 2.95 bits per heavy atom. The minimum absolute atomic E-state index is 0.143. The summed E-state index contributed by atoms with van der Waals surface area (Å²) in [5, 5.41) is 0. The van der Waals surface area contributed by atoms with Crippen molar-refractivity contribution in [2.45, 2.75) is 51.1 Å². The lowest BCUT2D eigenvalue weighted by Crippen LogP contribution is -2.24. The monoisotopic (exact) mass is 261 g/mol. The molecule has 0 radical (unpaired) electrons. The molecule has 0 saturated heterocycles. The van der Waals surface area contributed by atoms with Crippen LogP contribution in [0.15, 0.2) is 18.2 Å². The van der Waals surface area contributed by atoms with Crippen LogP contribution in [0.25, 0.3) is 11.0 Å². The van der Waals surface area contributed by atoms with Gasteiger partial charge in [0.15, 0.2) is 0 Å². The maximum Gasteiger partial charge on any atom is 0.125 e. The van der Waals surface area contributed by atoms with Crippen LogP contribution in [0.3, 0.4) is 0 Å². The SMILES string of the molecule is CCCC(N)Cc1nc2ccc(F)cc2n1C1CC1.